The highest BCUT2D eigenvalue weighted by Gasteiger charge is 2.26. The minimum atomic E-state index is -0.149. The number of benzene rings is 2. The molecule has 6 heteroatoms. The first-order valence-corrected chi connectivity index (χ1v) is 14.2. The normalized spacial score (nSPS) is 15.0. The molecule has 1 aromatic heterocycles. The molecule has 206 valence electrons. The molecule has 2 aromatic carbocycles. The van der Waals surface area contributed by atoms with E-state index in [0.29, 0.717) is 25.4 Å². The second-order valence-corrected chi connectivity index (χ2v) is 10.9. The minimum absolute atomic E-state index is 0.0610. The molecule has 0 radical (unpaired) electrons. The molecule has 0 spiro atoms. The highest BCUT2D eigenvalue weighted by Crippen LogP contribution is 2.36. The lowest BCUT2D eigenvalue weighted by Gasteiger charge is -2.31. The summed E-state index contributed by atoms with van der Waals surface area (Å²) in [5.41, 5.74) is 5.47. The fourth-order valence-electron chi connectivity index (χ4n) is 5.42. The molecule has 0 saturated heterocycles. The van der Waals surface area contributed by atoms with Crippen molar-refractivity contribution in [1.29, 1.82) is 0 Å². The van der Waals surface area contributed by atoms with Gasteiger partial charge in [-0.2, -0.15) is 4.68 Å². The number of allylic oxidation sites excluding steroid dienone is 2. The van der Waals surface area contributed by atoms with Crippen molar-refractivity contribution in [3.8, 4) is 17.1 Å². The van der Waals surface area contributed by atoms with E-state index in [2.05, 4.69) is 62.0 Å². The monoisotopic (exact) mass is 526 g/mol. The van der Waals surface area contributed by atoms with E-state index in [1.165, 1.54) is 28.7 Å². The Bertz CT molecular complexity index is 1320. The molecule has 1 unspecified atom stereocenters. The number of aromatic nitrogens is 3. The summed E-state index contributed by atoms with van der Waals surface area (Å²) in [6.45, 7) is 14.0. The van der Waals surface area contributed by atoms with Crippen molar-refractivity contribution in [3.05, 3.63) is 83.7 Å². The van der Waals surface area contributed by atoms with Crippen LogP contribution in [-0.2, 0) is 11.8 Å². The summed E-state index contributed by atoms with van der Waals surface area (Å²) < 4.78 is 7.19. The van der Waals surface area contributed by atoms with Gasteiger partial charge in [-0.05, 0) is 68.2 Å². The van der Waals surface area contributed by atoms with Gasteiger partial charge in [0.25, 0.3) is 5.91 Å². The Morgan fingerprint density at radius 3 is 2.62 bits per heavy atom. The smallest absolute Gasteiger partial charge is 0.272 e. The number of ether oxygens (including phenoxy) is 1. The molecule has 4 rings (SSSR count). The molecule has 6 nitrogen and oxygen atoms in total. The van der Waals surface area contributed by atoms with E-state index in [1.807, 2.05) is 31.2 Å². The molecule has 1 aliphatic heterocycles. The zero-order valence-corrected chi connectivity index (χ0v) is 23.9. The van der Waals surface area contributed by atoms with Crippen molar-refractivity contribution in [2.75, 3.05) is 18.5 Å². The van der Waals surface area contributed by atoms with Crippen LogP contribution in [0.5, 0.6) is 5.75 Å². The van der Waals surface area contributed by atoms with Crippen LogP contribution < -0.4 is 10.1 Å². The van der Waals surface area contributed by atoms with Gasteiger partial charge in [0.2, 0.25) is 0 Å². The van der Waals surface area contributed by atoms with Gasteiger partial charge >= 0.3 is 0 Å². The van der Waals surface area contributed by atoms with Crippen LogP contribution in [0.2, 0.25) is 0 Å². The second kappa shape index (κ2) is 12.9. The Balaban J connectivity index is 1.51. The maximum atomic E-state index is 13.2. The fraction of sp³-hybridized carbons (Fsp3) is 0.424. The molecule has 0 amide bonds. The van der Waals surface area contributed by atoms with Crippen molar-refractivity contribution >= 4 is 11.6 Å². The molecule has 0 aliphatic carbocycles. The lowest BCUT2D eigenvalue weighted by Crippen LogP contribution is -2.22. The highest BCUT2D eigenvalue weighted by atomic mass is 16.5. The van der Waals surface area contributed by atoms with Gasteiger partial charge in [-0.15, -0.1) is 11.7 Å². The Morgan fingerprint density at radius 2 is 1.90 bits per heavy atom. The number of hydrogen-bond donors (Lipinski definition) is 1. The summed E-state index contributed by atoms with van der Waals surface area (Å²) in [4.78, 5) is 18.0. The Hall–Kier alpha value is -3.67. The number of hydrogen-bond acceptors (Lipinski definition) is 5. The van der Waals surface area contributed by atoms with Crippen LogP contribution >= 0.6 is 0 Å². The van der Waals surface area contributed by atoms with Gasteiger partial charge in [0.15, 0.2) is 5.82 Å². The summed E-state index contributed by atoms with van der Waals surface area (Å²) in [7, 11) is 0. The maximum absolute atomic E-state index is 13.2. The quantitative estimate of drug-likeness (QED) is 0.244. The van der Waals surface area contributed by atoms with Crippen molar-refractivity contribution in [2.24, 2.45) is 0 Å². The van der Waals surface area contributed by atoms with Gasteiger partial charge in [0, 0.05) is 24.6 Å². The molecular weight excluding hydrogens is 484 g/mol. The van der Waals surface area contributed by atoms with Crippen molar-refractivity contribution in [3.63, 3.8) is 0 Å². The number of nitrogens with one attached hydrogen (secondary N) is 1. The number of fused-ring (bicyclic) bond motifs is 1. The van der Waals surface area contributed by atoms with Crippen LogP contribution in [-0.4, -0.2) is 33.8 Å². The molecule has 0 saturated carbocycles. The Kier molecular flexibility index (Phi) is 9.39. The number of carbonyl (C=O) groups excluding carboxylic acids is 1. The average Bonchev–Trinajstić information content (AvgIpc) is 3.34. The summed E-state index contributed by atoms with van der Waals surface area (Å²) in [5.74, 6) is 1.99. The molecule has 3 aromatic rings. The molecule has 2 heterocycles. The Labute approximate surface area is 233 Å². The zero-order chi connectivity index (χ0) is 27.8. The van der Waals surface area contributed by atoms with Crippen LogP contribution in [0.3, 0.4) is 0 Å². The number of nitrogens with zero attached hydrogens (tertiary/aromatic N) is 3. The van der Waals surface area contributed by atoms with E-state index < -0.39 is 0 Å². The summed E-state index contributed by atoms with van der Waals surface area (Å²) in [6.07, 6.45) is 8.60. The third kappa shape index (κ3) is 7.05. The summed E-state index contributed by atoms with van der Waals surface area (Å²) >= 11 is 0. The summed E-state index contributed by atoms with van der Waals surface area (Å²) in [5, 5.41) is 8.08. The molecule has 0 fully saturated rings. The first-order chi connectivity index (χ1) is 18.8. The molecule has 1 N–H and O–H groups in total. The van der Waals surface area contributed by atoms with Crippen LogP contribution in [0.1, 0.15) is 82.4 Å². The SMILES string of the molecule is C=C(C)CC(C)(CCCC)c1ccc(-c2nc3n(n2)C(=O)C=C(CNc2ccccc2OCC)CCC3)cc1. The van der Waals surface area contributed by atoms with E-state index in [-0.39, 0.29) is 11.3 Å². The lowest BCUT2D eigenvalue weighted by atomic mass is 9.74. The largest absolute Gasteiger partial charge is 0.492 e. The third-order valence-corrected chi connectivity index (χ3v) is 7.42. The Morgan fingerprint density at radius 1 is 1.13 bits per heavy atom. The standard InChI is InChI=1S/C33H42N4O2/c1-6-8-20-33(5,22-24(3)4)27-18-16-26(17-19-27)32-35-30-15-11-12-25(21-31(38)37(30)36-32)23-34-28-13-9-10-14-29(28)39-7-2/h9-10,13-14,16-19,21,34H,3,6-8,11-12,15,20,22-23H2,1-2,4-5H3. The van der Waals surface area contributed by atoms with Crippen molar-refractivity contribution in [1.82, 2.24) is 14.8 Å². The number of carbonyl (C=O) groups is 1. The van der Waals surface area contributed by atoms with E-state index in [0.717, 1.165) is 54.1 Å². The molecular formula is C33H42N4O2. The third-order valence-electron chi connectivity index (χ3n) is 7.42. The first-order valence-electron chi connectivity index (χ1n) is 14.2. The number of unbranched alkanes of at least 4 members (excludes halogenated alkanes) is 1. The number of anilines is 1. The number of aryl methyl sites for hydroxylation is 1. The number of rotatable bonds is 12. The van der Waals surface area contributed by atoms with Crippen molar-refractivity contribution < 1.29 is 9.53 Å². The van der Waals surface area contributed by atoms with Gasteiger partial charge in [0.1, 0.15) is 11.6 Å². The van der Waals surface area contributed by atoms with Crippen LogP contribution in [0.4, 0.5) is 5.69 Å². The van der Waals surface area contributed by atoms with Gasteiger partial charge in [-0.25, -0.2) is 4.98 Å². The average molecular weight is 527 g/mol. The van der Waals surface area contributed by atoms with E-state index in [9.17, 15) is 4.79 Å². The molecule has 39 heavy (non-hydrogen) atoms. The molecule has 0 bridgehead atoms. The minimum Gasteiger partial charge on any atom is -0.492 e. The number of para-hydroxylation sites is 2. The summed E-state index contributed by atoms with van der Waals surface area (Å²) in [6, 6.07) is 16.4. The highest BCUT2D eigenvalue weighted by molar-refractivity contribution is 5.90. The topological polar surface area (TPSA) is 69.0 Å². The zero-order valence-electron chi connectivity index (χ0n) is 23.9. The lowest BCUT2D eigenvalue weighted by molar-refractivity contribution is 0.0948. The predicted molar refractivity (Wildman–Crippen MR) is 160 cm³/mol. The fourth-order valence-corrected chi connectivity index (χ4v) is 5.42. The van der Waals surface area contributed by atoms with Gasteiger partial charge in [-0.3, -0.25) is 4.79 Å². The van der Waals surface area contributed by atoms with Crippen LogP contribution in [0.25, 0.3) is 11.4 Å². The van der Waals surface area contributed by atoms with Gasteiger partial charge in [0.05, 0.1) is 12.3 Å². The van der Waals surface area contributed by atoms with Gasteiger partial charge in [-0.1, -0.05) is 68.7 Å². The van der Waals surface area contributed by atoms with Crippen LogP contribution in [0, 0.1) is 0 Å². The molecule has 1 atom stereocenters. The van der Waals surface area contributed by atoms with E-state index in [4.69, 9.17) is 9.72 Å². The van der Waals surface area contributed by atoms with Crippen LogP contribution in [0.15, 0.2) is 72.3 Å². The van der Waals surface area contributed by atoms with E-state index in [1.54, 1.807) is 6.08 Å². The second-order valence-electron chi connectivity index (χ2n) is 10.9. The maximum Gasteiger partial charge on any atom is 0.272 e. The van der Waals surface area contributed by atoms with E-state index >= 15 is 0 Å². The predicted octanol–water partition coefficient (Wildman–Crippen LogP) is 7.77. The first kappa shape index (κ1) is 28.3. The van der Waals surface area contributed by atoms with Gasteiger partial charge < -0.3 is 10.1 Å². The van der Waals surface area contributed by atoms with Crippen molar-refractivity contribution in [2.45, 2.75) is 78.1 Å². The molecule has 1 aliphatic rings.